The first-order valence-electron chi connectivity index (χ1n) is 5.04. The van der Waals surface area contributed by atoms with Crippen molar-refractivity contribution in [3.8, 4) is 12.3 Å². The van der Waals surface area contributed by atoms with E-state index in [0.717, 1.165) is 18.5 Å². The number of nitrogens with zero attached hydrogens (tertiary/aromatic N) is 1. The second kappa shape index (κ2) is 4.22. The fourth-order valence-corrected chi connectivity index (χ4v) is 1.80. The summed E-state index contributed by atoms with van der Waals surface area (Å²) in [6.45, 7) is 1.43. The van der Waals surface area contributed by atoms with Gasteiger partial charge in [0.05, 0.1) is 12.5 Å². The van der Waals surface area contributed by atoms with Gasteiger partial charge in [-0.15, -0.1) is 12.3 Å². The summed E-state index contributed by atoms with van der Waals surface area (Å²) >= 11 is 0. The first kappa shape index (κ1) is 9.85. The molecule has 1 unspecified atom stereocenters. The molecule has 1 aliphatic rings. The predicted octanol–water partition coefficient (Wildman–Crippen LogP) is 1.30. The van der Waals surface area contributed by atoms with E-state index in [1.54, 1.807) is 12.5 Å². The molecule has 1 aromatic heterocycles. The lowest BCUT2D eigenvalue weighted by Gasteiger charge is -2.14. The number of hydrogen-bond donors (Lipinski definition) is 0. The summed E-state index contributed by atoms with van der Waals surface area (Å²) in [5, 5.41) is 0. The van der Waals surface area contributed by atoms with Crippen molar-refractivity contribution in [2.24, 2.45) is 5.92 Å². The lowest BCUT2D eigenvalue weighted by molar-refractivity contribution is -0.127. The molecule has 2 rings (SSSR count). The molecule has 0 saturated carbocycles. The fraction of sp³-hybridized carbons (Fsp3) is 0.417. The Labute approximate surface area is 89.1 Å². The van der Waals surface area contributed by atoms with Gasteiger partial charge in [0.15, 0.2) is 0 Å². The average molecular weight is 203 g/mol. The Kier molecular flexibility index (Phi) is 2.77. The third-order valence-electron chi connectivity index (χ3n) is 2.70. The van der Waals surface area contributed by atoms with Crippen LogP contribution >= 0.6 is 0 Å². The number of rotatable bonds is 3. The molecule has 15 heavy (non-hydrogen) atoms. The van der Waals surface area contributed by atoms with Crippen molar-refractivity contribution in [2.45, 2.75) is 12.8 Å². The monoisotopic (exact) mass is 203 g/mol. The summed E-state index contributed by atoms with van der Waals surface area (Å²) in [4.78, 5) is 13.3. The van der Waals surface area contributed by atoms with Crippen LogP contribution in [0.1, 0.15) is 12.0 Å². The highest BCUT2D eigenvalue weighted by Crippen LogP contribution is 2.17. The van der Waals surface area contributed by atoms with E-state index in [4.69, 9.17) is 10.8 Å². The van der Waals surface area contributed by atoms with Crippen LogP contribution in [0.2, 0.25) is 0 Å². The number of likely N-dealkylation sites (tertiary alicyclic amines) is 1. The maximum atomic E-state index is 11.5. The van der Waals surface area contributed by atoms with E-state index < -0.39 is 0 Å². The summed E-state index contributed by atoms with van der Waals surface area (Å²) in [6, 6.07) is 1.92. The van der Waals surface area contributed by atoms with Gasteiger partial charge in [-0.25, -0.2) is 0 Å². The third kappa shape index (κ3) is 2.21. The first-order valence-corrected chi connectivity index (χ1v) is 5.04. The van der Waals surface area contributed by atoms with Crippen molar-refractivity contribution >= 4 is 5.91 Å². The minimum absolute atomic E-state index is 0.0989. The SMILES string of the molecule is C#CC1CC(=O)N(CCc2ccoc2)C1. The minimum Gasteiger partial charge on any atom is -0.472 e. The quantitative estimate of drug-likeness (QED) is 0.694. The van der Waals surface area contributed by atoms with Gasteiger partial charge in [0.25, 0.3) is 0 Å². The average Bonchev–Trinajstić information content (AvgIpc) is 2.84. The molecule has 1 atom stereocenters. The van der Waals surface area contributed by atoms with E-state index in [0.29, 0.717) is 13.0 Å². The number of terminal acetylenes is 1. The topological polar surface area (TPSA) is 33.5 Å². The predicted molar refractivity (Wildman–Crippen MR) is 55.9 cm³/mol. The van der Waals surface area contributed by atoms with Gasteiger partial charge >= 0.3 is 0 Å². The molecule has 2 heterocycles. The van der Waals surface area contributed by atoms with Gasteiger partial charge < -0.3 is 9.32 Å². The zero-order valence-electron chi connectivity index (χ0n) is 8.48. The van der Waals surface area contributed by atoms with E-state index in [2.05, 4.69) is 5.92 Å². The summed E-state index contributed by atoms with van der Waals surface area (Å²) < 4.78 is 4.96. The molecule has 0 radical (unpaired) electrons. The van der Waals surface area contributed by atoms with Gasteiger partial charge in [0.1, 0.15) is 0 Å². The number of furan rings is 1. The second-order valence-corrected chi connectivity index (χ2v) is 3.79. The molecule has 78 valence electrons. The van der Waals surface area contributed by atoms with E-state index >= 15 is 0 Å². The molecule has 1 amide bonds. The Morgan fingerprint density at radius 1 is 1.67 bits per heavy atom. The highest BCUT2D eigenvalue weighted by Gasteiger charge is 2.27. The molecular formula is C12H13NO2. The van der Waals surface area contributed by atoms with Gasteiger partial charge in [0, 0.05) is 25.4 Å². The van der Waals surface area contributed by atoms with Gasteiger partial charge in [0.2, 0.25) is 5.91 Å². The molecule has 1 saturated heterocycles. The van der Waals surface area contributed by atoms with Crippen LogP contribution in [-0.2, 0) is 11.2 Å². The summed E-state index contributed by atoms with van der Waals surface area (Å²) in [7, 11) is 0. The van der Waals surface area contributed by atoms with Gasteiger partial charge in [-0.2, -0.15) is 0 Å². The smallest absolute Gasteiger partial charge is 0.223 e. The number of carbonyl (C=O) groups excluding carboxylic acids is 1. The zero-order valence-corrected chi connectivity index (χ0v) is 8.48. The lowest BCUT2D eigenvalue weighted by atomic mass is 10.1. The first-order chi connectivity index (χ1) is 7.29. The number of amides is 1. The Morgan fingerprint density at radius 3 is 3.13 bits per heavy atom. The van der Waals surface area contributed by atoms with Crippen LogP contribution in [0.4, 0.5) is 0 Å². The van der Waals surface area contributed by atoms with Crippen molar-refractivity contribution in [1.29, 1.82) is 0 Å². The molecule has 3 nitrogen and oxygen atoms in total. The summed E-state index contributed by atoms with van der Waals surface area (Å²) in [5.41, 5.74) is 1.12. The third-order valence-corrected chi connectivity index (χ3v) is 2.70. The van der Waals surface area contributed by atoms with Crippen molar-refractivity contribution in [3.05, 3.63) is 24.2 Å². The van der Waals surface area contributed by atoms with E-state index in [9.17, 15) is 4.79 Å². The van der Waals surface area contributed by atoms with E-state index in [-0.39, 0.29) is 11.8 Å². The number of hydrogen-bond acceptors (Lipinski definition) is 2. The second-order valence-electron chi connectivity index (χ2n) is 3.79. The normalized spacial score (nSPS) is 20.6. The Bertz CT molecular complexity index is 375. The van der Waals surface area contributed by atoms with Crippen LogP contribution in [-0.4, -0.2) is 23.9 Å². The molecule has 0 aromatic carbocycles. The highest BCUT2D eigenvalue weighted by molar-refractivity contribution is 5.79. The van der Waals surface area contributed by atoms with Crippen LogP contribution in [0.15, 0.2) is 23.0 Å². The van der Waals surface area contributed by atoms with Crippen LogP contribution in [0, 0.1) is 18.3 Å². The maximum Gasteiger partial charge on any atom is 0.223 e. The summed E-state index contributed by atoms with van der Waals surface area (Å²) in [5.74, 6) is 2.90. The highest BCUT2D eigenvalue weighted by atomic mass is 16.3. The van der Waals surface area contributed by atoms with Crippen LogP contribution in [0.5, 0.6) is 0 Å². The molecular weight excluding hydrogens is 190 g/mol. The van der Waals surface area contributed by atoms with Crippen LogP contribution in [0.3, 0.4) is 0 Å². The Morgan fingerprint density at radius 2 is 2.53 bits per heavy atom. The molecule has 1 aliphatic heterocycles. The largest absolute Gasteiger partial charge is 0.472 e. The van der Waals surface area contributed by atoms with Gasteiger partial charge in [-0.1, -0.05) is 0 Å². The van der Waals surface area contributed by atoms with E-state index in [1.165, 1.54) is 0 Å². The maximum absolute atomic E-state index is 11.5. The molecule has 0 aliphatic carbocycles. The van der Waals surface area contributed by atoms with E-state index in [1.807, 2.05) is 11.0 Å². The van der Waals surface area contributed by atoms with Crippen molar-refractivity contribution in [2.75, 3.05) is 13.1 Å². The molecule has 0 N–H and O–H groups in total. The van der Waals surface area contributed by atoms with Crippen molar-refractivity contribution in [3.63, 3.8) is 0 Å². The number of carbonyl (C=O) groups is 1. The van der Waals surface area contributed by atoms with Crippen molar-refractivity contribution < 1.29 is 9.21 Å². The van der Waals surface area contributed by atoms with Gasteiger partial charge in [-0.3, -0.25) is 4.79 Å². The summed E-state index contributed by atoms with van der Waals surface area (Å²) in [6.07, 6.45) is 9.99. The molecule has 0 spiro atoms. The Hall–Kier alpha value is -1.69. The van der Waals surface area contributed by atoms with Crippen LogP contribution in [0.25, 0.3) is 0 Å². The fourth-order valence-electron chi connectivity index (χ4n) is 1.80. The minimum atomic E-state index is 0.0989. The van der Waals surface area contributed by atoms with Crippen LogP contribution < -0.4 is 0 Å². The molecule has 0 bridgehead atoms. The molecule has 1 aromatic rings. The standard InChI is InChI=1S/C12H13NO2/c1-2-10-7-12(14)13(8-10)5-3-11-4-6-15-9-11/h1,4,6,9-10H,3,5,7-8H2. The molecule has 3 heteroatoms. The lowest BCUT2D eigenvalue weighted by Crippen LogP contribution is -2.27. The Balaban J connectivity index is 1.86. The molecule has 1 fully saturated rings. The zero-order chi connectivity index (χ0) is 10.7. The van der Waals surface area contributed by atoms with Crippen molar-refractivity contribution in [1.82, 2.24) is 4.90 Å². The van der Waals surface area contributed by atoms with Gasteiger partial charge in [-0.05, 0) is 18.1 Å².